The summed E-state index contributed by atoms with van der Waals surface area (Å²) in [7, 11) is 0. The van der Waals surface area contributed by atoms with Gasteiger partial charge in [-0.25, -0.2) is 20.0 Å². The molecule has 2 heterocycles. The van der Waals surface area contributed by atoms with E-state index >= 15 is 0 Å². The second-order valence-corrected chi connectivity index (χ2v) is 7.46. The van der Waals surface area contributed by atoms with E-state index < -0.39 is 5.91 Å². The number of nitrogens with zero attached hydrogens (tertiary/aromatic N) is 5. The summed E-state index contributed by atoms with van der Waals surface area (Å²) in [5.41, 5.74) is 16.5. The summed E-state index contributed by atoms with van der Waals surface area (Å²) in [5.74, 6) is -0.0708. The minimum absolute atomic E-state index is 0.0448. The van der Waals surface area contributed by atoms with Crippen molar-refractivity contribution in [3.8, 4) is 22.6 Å². The summed E-state index contributed by atoms with van der Waals surface area (Å²) in [6.45, 7) is 13.3. The summed E-state index contributed by atoms with van der Waals surface area (Å²) in [6.07, 6.45) is 3.17. The number of nitrogen functional groups attached to an aromatic ring is 1. The first-order valence-electron chi connectivity index (χ1n) is 11.3. The first kappa shape index (κ1) is 25.8. The number of nitrogens with one attached hydrogen (secondary N) is 2. The number of aryl methyl sites for hydroxylation is 1. The first-order valence-corrected chi connectivity index (χ1v) is 11.3. The van der Waals surface area contributed by atoms with Crippen molar-refractivity contribution in [2.75, 3.05) is 5.73 Å². The zero-order valence-corrected chi connectivity index (χ0v) is 20.5. The Morgan fingerprint density at radius 2 is 2.00 bits per heavy atom. The van der Waals surface area contributed by atoms with Gasteiger partial charge >= 0.3 is 0 Å². The van der Waals surface area contributed by atoms with E-state index in [0.29, 0.717) is 29.6 Å². The van der Waals surface area contributed by atoms with Crippen LogP contribution < -0.4 is 16.8 Å². The quantitative estimate of drug-likeness (QED) is 0.239. The number of hydrogen-bond acceptors (Lipinski definition) is 6. The van der Waals surface area contributed by atoms with Crippen LogP contribution in [-0.2, 0) is 6.54 Å². The van der Waals surface area contributed by atoms with Gasteiger partial charge in [-0.05, 0) is 43.1 Å². The number of aromatic nitrogens is 4. The smallest absolute Gasteiger partial charge is 0.269 e. The second kappa shape index (κ2) is 11.5. The van der Waals surface area contributed by atoms with Crippen LogP contribution in [0, 0.1) is 6.92 Å². The first-order chi connectivity index (χ1) is 17.4. The fourth-order valence-electron chi connectivity index (χ4n) is 3.63. The Bertz CT molecular complexity index is 1450. The fourth-order valence-corrected chi connectivity index (χ4v) is 3.63. The molecule has 10 nitrogen and oxygen atoms in total. The standard InChI is InChI=1S/C24H23N9O.C2H6/c1-4-28-24(27-3)29-11-14-6-5-7-15(10-14)23-31-20(19(25)21(32-23)22(26)34)18-13(2)8-9-17-16(18)12-30-33-17;1-2/h4-10,12H,1,3,11,25H2,2H3,(H2,26,34)(H,28,29)(H,30,33);1-2H3. The van der Waals surface area contributed by atoms with E-state index in [9.17, 15) is 4.79 Å². The molecule has 36 heavy (non-hydrogen) atoms. The van der Waals surface area contributed by atoms with Gasteiger partial charge in [-0.1, -0.05) is 44.7 Å². The van der Waals surface area contributed by atoms with Gasteiger partial charge in [-0.3, -0.25) is 9.89 Å². The highest BCUT2D eigenvalue weighted by molar-refractivity contribution is 6.04. The van der Waals surface area contributed by atoms with Crippen molar-refractivity contribution in [1.29, 1.82) is 0 Å². The number of fused-ring (bicyclic) bond motifs is 1. The van der Waals surface area contributed by atoms with Crippen LogP contribution in [0.1, 0.15) is 35.5 Å². The van der Waals surface area contributed by atoms with Gasteiger partial charge in [0.1, 0.15) is 0 Å². The van der Waals surface area contributed by atoms with E-state index in [2.05, 4.69) is 43.8 Å². The van der Waals surface area contributed by atoms with Gasteiger partial charge in [0, 0.05) is 16.5 Å². The number of anilines is 1. The lowest BCUT2D eigenvalue weighted by atomic mass is 9.99. The molecule has 0 spiro atoms. The predicted octanol–water partition coefficient (Wildman–Crippen LogP) is 3.99. The van der Waals surface area contributed by atoms with Gasteiger partial charge in [0.25, 0.3) is 5.91 Å². The number of nitrogens with two attached hydrogens (primary N) is 2. The van der Waals surface area contributed by atoms with Gasteiger partial charge in [-0.15, -0.1) is 0 Å². The molecule has 0 atom stereocenters. The van der Waals surface area contributed by atoms with Crippen LogP contribution in [0.2, 0.25) is 0 Å². The highest BCUT2D eigenvalue weighted by atomic mass is 16.1. The maximum atomic E-state index is 12.2. The molecular formula is C26H29N9O. The van der Waals surface area contributed by atoms with E-state index in [-0.39, 0.29) is 11.4 Å². The highest BCUT2D eigenvalue weighted by Gasteiger charge is 2.21. The number of primary amides is 1. The van der Waals surface area contributed by atoms with Gasteiger partial charge in [0.05, 0.1) is 29.6 Å². The van der Waals surface area contributed by atoms with Crippen molar-refractivity contribution < 1.29 is 4.79 Å². The Labute approximate surface area is 209 Å². The number of hydrogen-bond donors (Lipinski definition) is 4. The summed E-state index contributed by atoms with van der Waals surface area (Å²) in [5, 5.41) is 10.7. The fraction of sp³-hybridized carbons (Fsp3) is 0.154. The Hall–Kier alpha value is -4.86. The normalized spacial score (nSPS) is 10.9. The van der Waals surface area contributed by atoms with Crippen molar-refractivity contribution in [1.82, 2.24) is 25.5 Å². The number of amides is 1. The van der Waals surface area contributed by atoms with E-state index in [0.717, 1.165) is 27.6 Å². The van der Waals surface area contributed by atoms with E-state index in [1.807, 2.05) is 57.2 Å². The van der Waals surface area contributed by atoms with E-state index in [4.69, 9.17) is 16.5 Å². The molecule has 4 aromatic rings. The molecule has 2 aromatic heterocycles. The van der Waals surface area contributed by atoms with Gasteiger partial charge in [0.15, 0.2) is 11.5 Å². The lowest BCUT2D eigenvalue weighted by Gasteiger charge is -2.14. The SMILES string of the molecule is C=CNC(N=C)=NCc1cccc(-c2nc(C(N)=O)c(N)c(-c3c(C)ccc4[nH]ncc34)n2)c1.CC. The molecule has 0 aliphatic rings. The number of benzene rings is 2. The topological polar surface area (TPSA) is 160 Å². The van der Waals surface area contributed by atoms with Crippen molar-refractivity contribution in [2.24, 2.45) is 15.7 Å². The van der Waals surface area contributed by atoms with Crippen molar-refractivity contribution in [2.45, 2.75) is 27.3 Å². The van der Waals surface area contributed by atoms with Crippen LogP contribution in [0.4, 0.5) is 5.69 Å². The molecule has 0 bridgehead atoms. The minimum Gasteiger partial charge on any atom is -0.395 e. The average Bonchev–Trinajstić information content (AvgIpc) is 3.37. The van der Waals surface area contributed by atoms with Crippen LogP contribution in [0.5, 0.6) is 0 Å². The Balaban J connectivity index is 0.00000176. The lowest BCUT2D eigenvalue weighted by molar-refractivity contribution is 0.0996. The molecule has 0 fully saturated rings. The monoisotopic (exact) mass is 483 g/mol. The minimum atomic E-state index is -0.739. The Morgan fingerprint density at radius 3 is 2.69 bits per heavy atom. The second-order valence-electron chi connectivity index (χ2n) is 7.46. The van der Waals surface area contributed by atoms with Crippen LogP contribution in [0.15, 0.2) is 65.4 Å². The number of carbonyl (C=O) groups excluding carboxylic acids is 1. The van der Waals surface area contributed by atoms with Gasteiger partial charge < -0.3 is 16.8 Å². The van der Waals surface area contributed by atoms with Crippen LogP contribution >= 0.6 is 0 Å². The summed E-state index contributed by atoms with van der Waals surface area (Å²) in [4.78, 5) is 29.5. The Kier molecular flexibility index (Phi) is 8.24. The van der Waals surface area contributed by atoms with Crippen LogP contribution in [0.25, 0.3) is 33.5 Å². The third-order valence-electron chi connectivity index (χ3n) is 5.23. The molecular weight excluding hydrogens is 454 g/mol. The molecule has 0 aliphatic carbocycles. The number of aliphatic imine (C=N–C) groups is 2. The molecule has 0 saturated carbocycles. The molecule has 6 N–H and O–H groups in total. The van der Waals surface area contributed by atoms with Crippen molar-refractivity contribution >= 4 is 35.2 Å². The molecule has 1 amide bonds. The highest BCUT2D eigenvalue weighted by Crippen LogP contribution is 2.35. The molecule has 2 aromatic carbocycles. The molecule has 10 heteroatoms. The van der Waals surface area contributed by atoms with Crippen molar-refractivity contribution in [3.05, 3.63) is 72.2 Å². The maximum absolute atomic E-state index is 12.2. The maximum Gasteiger partial charge on any atom is 0.269 e. The molecule has 4 rings (SSSR count). The molecule has 0 unspecified atom stereocenters. The van der Waals surface area contributed by atoms with E-state index in [1.165, 1.54) is 6.20 Å². The number of aromatic amines is 1. The van der Waals surface area contributed by atoms with Crippen LogP contribution in [-0.4, -0.2) is 38.7 Å². The Morgan fingerprint density at radius 1 is 1.22 bits per heavy atom. The molecule has 0 aliphatic heterocycles. The van der Waals surface area contributed by atoms with Gasteiger partial charge in [-0.2, -0.15) is 5.10 Å². The van der Waals surface area contributed by atoms with Gasteiger partial charge in [0.2, 0.25) is 5.96 Å². The third-order valence-corrected chi connectivity index (χ3v) is 5.23. The zero-order chi connectivity index (χ0) is 26.2. The average molecular weight is 484 g/mol. The van der Waals surface area contributed by atoms with Crippen molar-refractivity contribution in [3.63, 3.8) is 0 Å². The summed E-state index contributed by atoms with van der Waals surface area (Å²) < 4.78 is 0. The third kappa shape index (κ3) is 5.27. The zero-order valence-electron chi connectivity index (χ0n) is 20.5. The van der Waals surface area contributed by atoms with E-state index in [1.54, 1.807) is 6.20 Å². The predicted molar refractivity (Wildman–Crippen MR) is 146 cm³/mol. The molecule has 0 radical (unpaired) electrons. The molecule has 0 saturated heterocycles. The number of carbonyl (C=O) groups is 1. The number of H-pyrrole nitrogens is 1. The summed E-state index contributed by atoms with van der Waals surface area (Å²) in [6, 6.07) is 11.3. The summed E-state index contributed by atoms with van der Waals surface area (Å²) >= 11 is 0. The lowest BCUT2D eigenvalue weighted by Crippen LogP contribution is -2.18. The van der Waals surface area contributed by atoms with Crippen LogP contribution in [0.3, 0.4) is 0 Å². The molecule has 184 valence electrons. The largest absolute Gasteiger partial charge is 0.395 e. The number of guanidine groups is 1. The number of rotatable bonds is 6.